The second kappa shape index (κ2) is 5.57. The molecule has 0 saturated heterocycles. The molecule has 0 amide bonds. The van der Waals surface area contributed by atoms with Gasteiger partial charge in [-0.2, -0.15) is 13.2 Å². The monoisotopic (exact) mass is 268 g/mol. The normalized spacial score (nSPS) is 13.7. The predicted molar refractivity (Wildman–Crippen MR) is 68.8 cm³/mol. The lowest BCUT2D eigenvalue weighted by Crippen LogP contribution is -2.34. The molecule has 1 atom stereocenters. The van der Waals surface area contributed by atoms with Gasteiger partial charge in [0.25, 0.3) is 0 Å². The SMILES string of the molecule is CCCNC(c1ccc2ncccc2c1)C(F)(F)F. The molecular formula is C14H15F3N2. The number of halogens is 3. The van der Waals surface area contributed by atoms with E-state index >= 15 is 0 Å². The number of nitrogens with zero attached hydrogens (tertiary/aromatic N) is 1. The summed E-state index contributed by atoms with van der Waals surface area (Å²) in [6.07, 6.45) is -2.02. The Balaban J connectivity index is 2.38. The molecule has 1 aromatic carbocycles. The van der Waals surface area contributed by atoms with Gasteiger partial charge in [0.1, 0.15) is 6.04 Å². The number of rotatable bonds is 4. The van der Waals surface area contributed by atoms with Crippen LogP contribution < -0.4 is 5.32 Å². The molecule has 0 aliphatic carbocycles. The van der Waals surface area contributed by atoms with Gasteiger partial charge in [-0.3, -0.25) is 4.98 Å². The van der Waals surface area contributed by atoms with E-state index in [9.17, 15) is 13.2 Å². The molecule has 0 aliphatic rings. The molecule has 0 aliphatic heterocycles. The second-order valence-electron chi connectivity index (χ2n) is 4.38. The number of hydrogen-bond donors (Lipinski definition) is 1. The molecule has 0 bridgehead atoms. The molecule has 1 heterocycles. The van der Waals surface area contributed by atoms with Crippen molar-refractivity contribution in [3.8, 4) is 0 Å². The lowest BCUT2D eigenvalue weighted by atomic mass is 10.0. The summed E-state index contributed by atoms with van der Waals surface area (Å²) in [6.45, 7) is 2.17. The van der Waals surface area contributed by atoms with Gasteiger partial charge in [0.15, 0.2) is 0 Å². The van der Waals surface area contributed by atoms with Gasteiger partial charge in [0.2, 0.25) is 0 Å². The van der Waals surface area contributed by atoms with Crippen LogP contribution in [0.4, 0.5) is 13.2 Å². The summed E-state index contributed by atoms with van der Waals surface area (Å²) >= 11 is 0. The third-order valence-electron chi connectivity index (χ3n) is 2.89. The Morgan fingerprint density at radius 1 is 1.26 bits per heavy atom. The van der Waals surface area contributed by atoms with E-state index in [4.69, 9.17) is 0 Å². The van der Waals surface area contributed by atoms with Crippen LogP contribution in [0, 0.1) is 0 Å². The maximum Gasteiger partial charge on any atom is 0.407 e. The number of benzene rings is 1. The smallest absolute Gasteiger partial charge is 0.302 e. The molecule has 2 nitrogen and oxygen atoms in total. The summed E-state index contributed by atoms with van der Waals surface area (Å²) in [7, 11) is 0. The Morgan fingerprint density at radius 2 is 2.05 bits per heavy atom. The van der Waals surface area contributed by atoms with Gasteiger partial charge in [-0.15, -0.1) is 0 Å². The first-order valence-electron chi connectivity index (χ1n) is 6.17. The van der Waals surface area contributed by atoms with E-state index in [-0.39, 0.29) is 5.56 Å². The molecule has 5 heteroatoms. The summed E-state index contributed by atoms with van der Waals surface area (Å²) < 4.78 is 39.2. The minimum atomic E-state index is -4.30. The predicted octanol–water partition coefficient (Wildman–Crippen LogP) is 3.84. The minimum Gasteiger partial charge on any atom is -0.302 e. The fraction of sp³-hybridized carbons (Fsp3) is 0.357. The second-order valence-corrected chi connectivity index (χ2v) is 4.38. The molecule has 0 saturated carbocycles. The van der Waals surface area contributed by atoms with Crippen molar-refractivity contribution >= 4 is 10.9 Å². The largest absolute Gasteiger partial charge is 0.407 e. The van der Waals surface area contributed by atoms with Crippen LogP contribution >= 0.6 is 0 Å². The zero-order valence-electron chi connectivity index (χ0n) is 10.5. The van der Waals surface area contributed by atoms with Gasteiger partial charge < -0.3 is 5.32 Å². The Kier molecular flexibility index (Phi) is 4.04. The van der Waals surface area contributed by atoms with E-state index < -0.39 is 12.2 Å². The van der Waals surface area contributed by atoms with Gasteiger partial charge in [0, 0.05) is 11.6 Å². The van der Waals surface area contributed by atoms with Crippen LogP contribution in [0.1, 0.15) is 24.9 Å². The lowest BCUT2D eigenvalue weighted by molar-refractivity contribution is -0.157. The summed E-state index contributed by atoms with van der Waals surface area (Å²) in [5.41, 5.74) is 0.920. The topological polar surface area (TPSA) is 24.9 Å². The van der Waals surface area contributed by atoms with Crippen LogP contribution in [0.15, 0.2) is 36.5 Å². The molecule has 102 valence electrons. The van der Waals surface area contributed by atoms with E-state index in [1.807, 2.05) is 6.92 Å². The number of fused-ring (bicyclic) bond motifs is 1. The molecule has 2 aromatic rings. The Hall–Kier alpha value is -1.62. The van der Waals surface area contributed by atoms with Crippen molar-refractivity contribution in [2.75, 3.05) is 6.54 Å². The van der Waals surface area contributed by atoms with Crippen LogP contribution in [0.3, 0.4) is 0 Å². The average Bonchev–Trinajstić information content (AvgIpc) is 2.37. The molecule has 1 unspecified atom stereocenters. The number of aromatic nitrogens is 1. The molecule has 1 aromatic heterocycles. The highest BCUT2D eigenvalue weighted by molar-refractivity contribution is 5.79. The summed E-state index contributed by atoms with van der Waals surface area (Å²) in [5.74, 6) is 0. The molecular weight excluding hydrogens is 253 g/mol. The van der Waals surface area contributed by atoms with Crippen LogP contribution in [0.25, 0.3) is 10.9 Å². The van der Waals surface area contributed by atoms with Crippen molar-refractivity contribution in [2.24, 2.45) is 0 Å². The van der Waals surface area contributed by atoms with Gasteiger partial charge in [-0.1, -0.05) is 19.1 Å². The highest BCUT2D eigenvalue weighted by Crippen LogP contribution is 2.33. The Morgan fingerprint density at radius 3 is 2.74 bits per heavy atom. The van der Waals surface area contributed by atoms with Gasteiger partial charge in [-0.05, 0) is 36.7 Å². The minimum absolute atomic E-state index is 0.224. The first-order valence-corrected chi connectivity index (χ1v) is 6.17. The zero-order valence-corrected chi connectivity index (χ0v) is 10.5. The highest BCUT2D eigenvalue weighted by Gasteiger charge is 2.40. The first kappa shape index (κ1) is 13.8. The van der Waals surface area contributed by atoms with Gasteiger partial charge in [-0.25, -0.2) is 0 Å². The molecule has 19 heavy (non-hydrogen) atoms. The van der Waals surface area contributed by atoms with Crippen LogP contribution in [-0.4, -0.2) is 17.7 Å². The van der Waals surface area contributed by atoms with Crippen LogP contribution in [0.2, 0.25) is 0 Å². The van der Waals surface area contributed by atoms with Crippen molar-refractivity contribution in [3.63, 3.8) is 0 Å². The van der Waals surface area contributed by atoms with E-state index in [0.29, 0.717) is 23.9 Å². The van der Waals surface area contributed by atoms with Crippen molar-refractivity contribution in [2.45, 2.75) is 25.6 Å². The number of pyridine rings is 1. The number of nitrogens with one attached hydrogen (secondary N) is 1. The average molecular weight is 268 g/mol. The summed E-state index contributed by atoms with van der Waals surface area (Å²) in [5, 5.41) is 3.26. The molecule has 2 rings (SSSR count). The molecule has 0 radical (unpaired) electrons. The third kappa shape index (κ3) is 3.23. The van der Waals surface area contributed by atoms with Crippen LogP contribution in [-0.2, 0) is 0 Å². The van der Waals surface area contributed by atoms with Crippen molar-refractivity contribution < 1.29 is 13.2 Å². The lowest BCUT2D eigenvalue weighted by Gasteiger charge is -2.22. The molecule has 0 fully saturated rings. The van der Waals surface area contributed by atoms with Crippen molar-refractivity contribution in [1.29, 1.82) is 0 Å². The standard InChI is InChI=1S/C14H15F3N2/c1-2-7-19-13(14(15,16)17)11-5-6-12-10(9-11)4-3-8-18-12/h3-6,8-9,13,19H,2,7H2,1H3. The maximum absolute atomic E-state index is 13.1. The van der Waals surface area contributed by atoms with Crippen LogP contribution in [0.5, 0.6) is 0 Å². The maximum atomic E-state index is 13.1. The van der Waals surface area contributed by atoms with E-state index in [1.165, 1.54) is 6.07 Å². The summed E-state index contributed by atoms with van der Waals surface area (Å²) in [6, 6.07) is 6.50. The van der Waals surface area contributed by atoms with Gasteiger partial charge in [0.05, 0.1) is 5.52 Å². The quantitative estimate of drug-likeness (QED) is 0.911. The summed E-state index contributed by atoms with van der Waals surface area (Å²) in [4.78, 5) is 4.10. The number of alkyl halides is 3. The van der Waals surface area contributed by atoms with Crippen molar-refractivity contribution in [3.05, 3.63) is 42.1 Å². The number of hydrogen-bond acceptors (Lipinski definition) is 2. The Labute approximate surface area is 109 Å². The zero-order chi connectivity index (χ0) is 13.9. The molecule has 1 N–H and O–H groups in total. The Bertz CT molecular complexity index is 552. The fourth-order valence-electron chi connectivity index (χ4n) is 1.98. The third-order valence-corrected chi connectivity index (χ3v) is 2.89. The van der Waals surface area contributed by atoms with E-state index in [2.05, 4.69) is 10.3 Å². The van der Waals surface area contributed by atoms with Gasteiger partial charge >= 0.3 is 6.18 Å². The fourth-order valence-corrected chi connectivity index (χ4v) is 1.98. The van der Waals surface area contributed by atoms with Crippen molar-refractivity contribution in [1.82, 2.24) is 10.3 Å². The molecule has 0 spiro atoms. The highest BCUT2D eigenvalue weighted by atomic mass is 19.4. The van der Waals surface area contributed by atoms with E-state index in [0.717, 1.165) is 0 Å². The first-order chi connectivity index (χ1) is 9.02. The van der Waals surface area contributed by atoms with E-state index in [1.54, 1.807) is 30.5 Å².